The first-order valence-electron chi connectivity index (χ1n) is 3.21. The van der Waals surface area contributed by atoms with Crippen molar-refractivity contribution in [2.45, 2.75) is 6.04 Å². The lowest BCUT2D eigenvalue weighted by atomic mass is 10.1. The number of nitrogens with zero attached hydrogens (tertiary/aromatic N) is 1. The second kappa shape index (κ2) is 3.51. The van der Waals surface area contributed by atoms with Gasteiger partial charge < -0.3 is 10.8 Å². The number of hydrogen-bond acceptors (Lipinski definition) is 3. The molecule has 3 N–H and O–H groups in total. The Kier molecular flexibility index (Phi) is 2.62. The molecule has 64 valence electrons. The molecule has 1 heterocycles. The fourth-order valence-electron chi connectivity index (χ4n) is 0.763. The standard InChI is InChI=1S/C7H7ClN2O2/c8-6-4(2-1-3-10-6)5(9)7(11)12/h1-3,5H,9H2,(H,11,12)/t5-/m1/s1. The van der Waals surface area contributed by atoms with E-state index in [0.717, 1.165) is 0 Å². The Hall–Kier alpha value is -1.13. The van der Waals surface area contributed by atoms with Gasteiger partial charge in [0.15, 0.2) is 0 Å². The second-order valence-corrected chi connectivity index (χ2v) is 2.56. The van der Waals surface area contributed by atoms with Gasteiger partial charge in [-0.25, -0.2) is 4.98 Å². The molecule has 0 saturated carbocycles. The minimum Gasteiger partial charge on any atom is -0.480 e. The molecule has 0 spiro atoms. The van der Waals surface area contributed by atoms with Crippen molar-refractivity contribution < 1.29 is 9.90 Å². The first-order valence-corrected chi connectivity index (χ1v) is 3.59. The number of hydrogen-bond donors (Lipinski definition) is 2. The highest BCUT2D eigenvalue weighted by molar-refractivity contribution is 6.30. The van der Waals surface area contributed by atoms with Gasteiger partial charge in [-0.05, 0) is 6.07 Å². The van der Waals surface area contributed by atoms with Crippen LogP contribution in [0.2, 0.25) is 5.15 Å². The maximum Gasteiger partial charge on any atom is 0.325 e. The molecule has 0 aliphatic heterocycles. The molecule has 0 aliphatic carbocycles. The molecule has 1 atom stereocenters. The molecule has 0 bridgehead atoms. The summed E-state index contributed by atoms with van der Waals surface area (Å²) in [7, 11) is 0. The summed E-state index contributed by atoms with van der Waals surface area (Å²) in [5.41, 5.74) is 5.64. The first kappa shape index (κ1) is 8.96. The molecule has 5 heteroatoms. The summed E-state index contributed by atoms with van der Waals surface area (Å²) in [4.78, 5) is 14.1. The molecule has 0 fully saturated rings. The average Bonchev–Trinajstić information content (AvgIpc) is 2.04. The lowest BCUT2D eigenvalue weighted by Gasteiger charge is -2.06. The number of aromatic nitrogens is 1. The van der Waals surface area contributed by atoms with Crippen molar-refractivity contribution in [1.82, 2.24) is 4.98 Å². The normalized spacial score (nSPS) is 12.5. The van der Waals surface area contributed by atoms with Crippen molar-refractivity contribution in [1.29, 1.82) is 0 Å². The van der Waals surface area contributed by atoms with E-state index >= 15 is 0 Å². The van der Waals surface area contributed by atoms with Gasteiger partial charge in [0.2, 0.25) is 0 Å². The van der Waals surface area contributed by atoms with Gasteiger partial charge in [-0.15, -0.1) is 0 Å². The minimum absolute atomic E-state index is 0.132. The van der Waals surface area contributed by atoms with Crippen molar-refractivity contribution in [2.24, 2.45) is 5.73 Å². The molecule has 12 heavy (non-hydrogen) atoms. The predicted molar refractivity (Wildman–Crippen MR) is 43.8 cm³/mol. The number of aliphatic carboxylic acids is 1. The average molecular weight is 187 g/mol. The van der Waals surface area contributed by atoms with E-state index in [-0.39, 0.29) is 5.15 Å². The number of halogens is 1. The lowest BCUT2D eigenvalue weighted by Crippen LogP contribution is -2.21. The summed E-state index contributed by atoms with van der Waals surface area (Å²) in [6.07, 6.45) is 1.47. The largest absolute Gasteiger partial charge is 0.480 e. The summed E-state index contributed by atoms with van der Waals surface area (Å²) in [5.74, 6) is -1.12. The third-order valence-electron chi connectivity index (χ3n) is 1.39. The van der Waals surface area contributed by atoms with Crippen LogP contribution in [0.1, 0.15) is 11.6 Å². The number of rotatable bonds is 2. The van der Waals surface area contributed by atoms with Gasteiger partial charge in [-0.1, -0.05) is 17.7 Å². The molecule has 1 aromatic heterocycles. The molecule has 1 rings (SSSR count). The van der Waals surface area contributed by atoms with E-state index in [1.54, 1.807) is 6.07 Å². The van der Waals surface area contributed by atoms with Gasteiger partial charge in [-0.3, -0.25) is 4.79 Å². The molecular formula is C7H7ClN2O2. The smallest absolute Gasteiger partial charge is 0.325 e. The molecule has 1 aromatic rings. The molecule has 0 aromatic carbocycles. The molecular weight excluding hydrogens is 180 g/mol. The maximum absolute atomic E-state index is 10.4. The quantitative estimate of drug-likeness (QED) is 0.671. The Bertz CT molecular complexity index is 303. The Morgan fingerprint density at radius 3 is 2.92 bits per heavy atom. The van der Waals surface area contributed by atoms with Crippen LogP contribution in [0, 0.1) is 0 Å². The van der Waals surface area contributed by atoms with Crippen LogP contribution in [0.4, 0.5) is 0 Å². The molecule has 4 nitrogen and oxygen atoms in total. The highest BCUT2D eigenvalue weighted by Gasteiger charge is 2.17. The fraction of sp³-hybridized carbons (Fsp3) is 0.143. The van der Waals surface area contributed by atoms with E-state index in [2.05, 4.69) is 4.98 Å². The maximum atomic E-state index is 10.4. The monoisotopic (exact) mass is 186 g/mol. The Labute approximate surface area is 74.0 Å². The highest BCUT2D eigenvalue weighted by Crippen LogP contribution is 2.18. The van der Waals surface area contributed by atoms with E-state index in [4.69, 9.17) is 22.4 Å². The number of carboxylic acids is 1. The fourth-order valence-corrected chi connectivity index (χ4v) is 1.00. The van der Waals surface area contributed by atoms with Crippen LogP contribution in [0.5, 0.6) is 0 Å². The molecule has 0 amide bonds. The van der Waals surface area contributed by atoms with Crippen LogP contribution >= 0.6 is 11.6 Å². The summed E-state index contributed by atoms with van der Waals surface area (Å²) < 4.78 is 0. The van der Waals surface area contributed by atoms with E-state index in [9.17, 15) is 4.79 Å². The van der Waals surface area contributed by atoms with Crippen LogP contribution in [-0.2, 0) is 4.79 Å². The number of carbonyl (C=O) groups is 1. The number of nitrogens with two attached hydrogens (primary N) is 1. The van der Waals surface area contributed by atoms with Gasteiger partial charge in [0.05, 0.1) is 0 Å². The lowest BCUT2D eigenvalue weighted by molar-refractivity contribution is -0.138. The van der Waals surface area contributed by atoms with Crippen LogP contribution in [0.3, 0.4) is 0 Å². The molecule has 0 saturated heterocycles. The summed E-state index contributed by atoms with van der Waals surface area (Å²) in [6, 6.07) is 2.02. The topological polar surface area (TPSA) is 76.2 Å². The van der Waals surface area contributed by atoms with Gasteiger partial charge in [0, 0.05) is 11.8 Å². The van der Waals surface area contributed by atoms with E-state index in [0.29, 0.717) is 5.56 Å². The van der Waals surface area contributed by atoms with Crippen molar-refractivity contribution in [2.75, 3.05) is 0 Å². The highest BCUT2D eigenvalue weighted by atomic mass is 35.5. The van der Waals surface area contributed by atoms with Crippen molar-refractivity contribution in [3.63, 3.8) is 0 Å². The predicted octanol–water partition coefficient (Wildman–Crippen LogP) is 0.819. The zero-order valence-electron chi connectivity index (χ0n) is 6.07. The Morgan fingerprint density at radius 1 is 1.75 bits per heavy atom. The van der Waals surface area contributed by atoms with Gasteiger partial charge in [0.1, 0.15) is 11.2 Å². The number of carboxylic acid groups (broad SMARTS) is 1. The second-order valence-electron chi connectivity index (χ2n) is 2.20. The van der Waals surface area contributed by atoms with Crippen molar-refractivity contribution >= 4 is 17.6 Å². The molecule has 0 aliphatic rings. The van der Waals surface area contributed by atoms with Crippen molar-refractivity contribution in [3.8, 4) is 0 Å². The van der Waals surface area contributed by atoms with E-state index < -0.39 is 12.0 Å². The third kappa shape index (κ3) is 1.72. The molecule has 0 radical (unpaired) electrons. The van der Waals surface area contributed by atoms with Gasteiger partial charge in [-0.2, -0.15) is 0 Å². The minimum atomic E-state index is -1.12. The zero-order valence-corrected chi connectivity index (χ0v) is 6.82. The SMILES string of the molecule is N[C@@H](C(=O)O)c1cccnc1Cl. The van der Waals surface area contributed by atoms with Gasteiger partial charge >= 0.3 is 5.97 Å². The summed E-state index contributed by atoms with van der Waals surface area (Å²) in [6.45, 7) is 0. The van der Waals surface area contributed by atoms with Crippen LogP contribution < -0.4 is 5.73 Å². The van der Waals surface area contributed by atoms with Crippen LogP contribution in [0.25, 0.3) is 0 Å². The Morgan fingerprint density at radius 2 is 2.42 bits per heavy atom. The van der Waals surface area contributed by atoms with E-state index in [1.807, 2.05) is 0 Å². The molecule has 0 unspecified atom stereocenters. The van der Waals surface area contributed by atoms with E-state index in [1.165, 1.54) is 12.3 Å². The van der Waals surface area contributed by atoms with Crippen LogP contribution in [-0.4, -0.2) is 16.1 Å². The van der Waals surface area contributed by atoms with Crippen molar-refractivity contribution in [3.05, 3.63) is 29.0 Å². The summed E-state index contributed by atoms with van der Waals surface area (Å²) >= 11 is 5.61. The number of pyridine rings is 1. The summed E-state index contributed by atoms with van der Waals surface area (Å²) in [5, 5.41) is 8.68. The van der Waals surface area contributed by atoms with Gasteiger partial charge in [0.25, 0.3) is 0 Å². The zero-order chi connectivity index (χ0) is 9.14. The first-order chi connectivity index (χ1) is 5.63. The van der Waals surface area contributed by atoms with Crippen LogP contribution in [0.15, 0.2) is 18.3 Å². The Balaban J connectivity index is 3.02. The third-order valence-corrected chi connectivity index (χ3v) is 1.70.